The summed E-state index contributed by atoms with van der Waals surface area (Å²) < 4.78 is 2.23. The molecule has 1 aromatic rings. The molecule has 1 aromatic heterocycles. The Labute approximate surface area is 78.4 Å². The summed E-state index contributed by atoms with van der Waals surface area (Å²) in [6.45, 7) is 3.08. The SMILES string of the molecule is CN[C@H]1CCc2nnc(C)n2CC1. The van der Waals surface area contributed by atoms with E-state index in [-0.39, 0.29) is 0 Å². The summed E-state index contributed by atoms with van der Waals surface area (Å²) in [5.41, 5.74) is 0. The second-order valence-corrected chi connectivity index (χ2v) is 3.63. The average Bonchev–Trinajstić information content (AvgIpc) is 2.38. The number of nitrogens with one attached hydrogen (secondary N) is 1. The van der Waals surface area contributed by atoms with Crippen LogP contribution in [0, 0.1) is 6.92 Å². The highest BCUT2D eigenvalue weighted by atomic mass is 15.3. The second kappa shape index (κ2) is 3.46. The minimum absolute atomic E-state index is 0.640. The molecule has 1 N–H and O–H groups in total. The zero-order chi connectivity index (χ0) is 9.26. The summed E-state index contributed by atoms with van der Waals surface area (Å²) in [6.07, 6.45) is 3.41. The normalized spacial score (nSPS) is 22.5. The third-order valence-corrected chi connectivity index (χ3v) is 2.84. The third-order valence-electron chi connectivity index (χ3n) is 2.84. The topological polar surface area (TPSA) is 42.7 Å². The minimum Gasteiger partial charge on any atom is -0.317 e. The molecule has 0 saturated carbocycles. The Bertz CT molecular complexity index is 292. The fraction of sp³-hybridized carbons (Fsp3) is 0.778. The zero-order valence-electron chi connectivity index (χ0n) is 8.25. The van der Waals surface area contributed by atoms with Crippen LogP contribution in [0.1, 0.15) is 24.5 Å². The van der Waals surface area contributed by atoms with Gasteiger partial charge in [0.15, 0.2) is 0 Å². The van der Waals surface area contributed by atoms with Gasteiger partial charge < -0.3 is 9.88 Å². The Morgan fingerprint density at radius 3 is 3.00 bits per heavy atom. The quantitative estimate of drug-likeness (QED) is 0.684. The van der Waals surface area contributed by atoms with Crippen molar-refractivity contribution < 1.29 is 0 Å². The number of aromatic nitrogens is 3. The summed E-state index contributed by atoms with van der Waals surface area (Å²) in [5.74, 6) is 2.20. The number of fused-ring (bicyclic) bond motifs is 1. The molecule has 0 aromatic carbocycles. The zero-order valence-corrected chi connectivity index (χ0v) is 8.25. The maximum absolute atomic E-state index is 4.17. The van der Waals surface area contributed by atoms with Crippen molar-refractivity contribution in [3.63, 3.8) is 0 Å². The molecule has 1 aliphatic heterocycles. The van der Waals surface area contributed by atoms with Crippen molar-refractivity contribution in [3.05, 3.63) is 11.6 Å². The predicted molar refractivity (Wildman–Crippen MR) is 50.5 cm³/mol. The summed E-state index contributed by atoms with van der Waals surface area (Å²) in [7, 11) is 2.03. The Balaban J connectivity index is 2.18. The minimum atomic E-state index is 0.640. The number of aryl methyl sites for hydroxylation is 2. The summed E-state index contributed by atoms with van der Waals surface area (Å²) >= 11 is 0. The van der Waals surface area contributed by atoms with Crippen molar-refractivity contribution in [3.8, 4) is 0 Å². The van der Waals surface area contributed by atoms with E-state index >= 15 is 0 Å². The highest BCUT2D eigenvalue weighted by molar-refractivity contribution is 4.97. The highest BCUT2D eigenvalue weighted by Gasteiger charge is 2.16. The predicted octanol–water partition coefficient (Wildman–Crippen LogP) is 0.511. The molecule has 0 fully saturated rings. The van der Waals surface area contributed by atoms with Crippen LogP contribution >= 0.6 is 0 Å². The molecular formula is C9H16N4. The van der Waals surface area contributed by atoms with Crippen LogP contribution in [0.15, 0.2) is 0 Å². The molecule has 0 saturated heterocycles. The Morgan fingerprint density at radius 2 is 2.23 bits per heavy atom. The molecule has 2 rings (SSSR count). The lowest BCUT2D eigenvalue weighted by molar-refractivity contribution is 0.480. The van der Waals surface area contributed by atoms with E-state index in [1.165, 1.54) is 12.8 Å². The molecule has 0 radical (unpaired) electrons. The molecule has 13 heavy (non-hydrogen) atoms. The Kier molecular flexibility index (Phi) is 2.31. The van der Waals surface area contributed by atoms with Crippen molar-refractivity contribution in [2.45, 2.75) is 38.8 Å². The van der Waals surface area contributed by atoms with Gasteiger partial charge in [0.05, 0.1) is 0 Å². The van der Waals surface area contributed by atoms with Crippen LogP contribution in [0.5, 0.6) is 0 Å². The second-order valence-electron chi connectivity index (χ2n) is 3.63. The number of rotatable bonds is 1. The Hall–Kier alpha value is -0.900. The van der Waals surface area contributed by atoms with Gasteiger partial charge in [-0.05, 0) is 26.8 Å². The fourth-order valence-electron chi connectivity index (χ4n) is 1.92. The molecule has 0 amide bonds. The van der Waals surface area contributed by atoms with E-state index in [0.717, 1.165) is 24.6 Å². The maximum atomic E-state index is 4.17. The smallest absolute Gasteiger partial charge is 0.133 e. The van der Waals surface area contributed by atoms with E-state index in [0.29, 0.717) is 6.04 Å². The third kappa shape index (κ3) is 1.58. The van der Waals surface area contributed by atoms with E-state index < -0.39 is 0 Å². The highest BCUT2D eigenvalue weighted by Crippen LogP contribution is 2.14. The van der Waals surface area contributed by atoms with Gasteiger partial charge in [-0.1, -0.05) is 0 Å². The van der Waals surface area contributed by atoms with E-state index in [1.54, 1.807) is 0 Å². The first-order chi connectivity index (χ1) is 6.31. The first-order valence-corrected chi connectivity index (χ1v) is 4.87. The molecule has 0 unspecified atom stereocenters. The Morgan fingerprint density at radius 1 is 1.38 bits per heavy atom. The van der Waals surface area contributed by atoms with E-state index in [4.69, 9.17) is 0 Å². The molecular weight excluding hydrogens is 164 g/mol. The van der Waals surface area contributed by atoms with Gasteiger partial charge in [0.2, 0.25) is 0 Å². The van der Waals surface area contributed by atoms with Crippen molar-refractivity contribution >= 4 is 0 Å². The largest absolute Gasteiger partial charge is 0.317 e. The average molecular weight is 180 g/mol. The van der Waals surface area contributed by atoms with Crippen LogP contribution in [0.25, 0.3) is 0 Å². The van der Waals surface area contributed by atoms with Gasteiger partial charge in [-0.15, -0.1) is 10.2 Å². The fourth-order valence-corrected chi connectivity index (χ4v) is 1.92. The van der Waals surface area contributed by atoms with E-state index in [1.807, 2.05) is 14.0 Å². The lowest BCUT2D eigenvalue weighted by atomic mass is 10.1. The molecule has 0 spiro atoms. The standard InChI is InChI=1S/C9H16N4/c1-7-11-12-9-4-3-8(10-2)5-6-13(7)9/h8,10H,3-6H2,1-2H3/t8-/m0/s1. The van der Waals surface area contributed by atoms with Gasteiger partial charge in [-0.2, -0.15) is 0 Å². The van der Waals surface area contributed by atoms with Crippen molar-refractivity contribution in [2.75, 3.05) is 7.05 Å². The van der Waals surface area contributed by atoms with Crippen LogP contribution in [0.2, 0.25) is 0 Å². The molecule has 0 aliphatic carbocycles. The van der Waals surface area contributed by atoms with Crippen molar-refractivity contribution in [1.82, 2.24) is 20.1 Å². The van der Waals surface area contributed by atoms with Gasteiger partial charge >= 0.3 is 0 Å². The van der Waals surface area contributed by atoms with Crippen molar-refractivity contribution in [2.24, 2.45) is 0 Å². The monoisotopic (exact) mass is 180 g/mol. The first-order valence-electron chi connectivity index (χ1n) is 4.87. The molecule has 4 heteroatoms. The van der Waals surface area contributed by atoms with Gasteiger partial charge in [-0.25, -0.2) is 0 Å². The van der Waals surface area contributed by atoms with Crippen LogP contribution in [-0.2, 0) is 13.0 Å². The molecule has 1 atom stereocenters. The number of hydrogen-bond donors (Lipinski definition) is 1. The van der Waals surface area contributed by atoms with Gasteiger partial charge in [0.25, 0.3) is 0 Å². The van der Waals surface area contributed by atoms with Crippen LogP contribution in [0.3, 0.4) is 0 Å². The lowest BCUT2D eigenvalue weighted by Gasteiger charge is -2.11. The molecule has 2 heterocycles. The number of hydrogen-bond acceptors (Lipinski definition) is 3. The summed E-state index contributed by atoms with van der Waals surface area (Å²) in [6, 6.07) is 0.640. The van der Waals surface area contributed by atoms with Crippen LogP contribution in [-0.4, -0.2) is 27.9 Å². The molecule has 72 valence electrons. The summed E-state index contributed by atoms with van der Waals surface area (Å²) in [5, 5.41) is 11.6. The van der Waals surface area contributed by atoms with Crippen molar-refractivity contribution in [1.29, 1.82) is 0 Å². The number of nitrogens with zero attached hydrogens (tertiary/aromatic N) is 3. The van der Waals surface area contributed by atoms with Crippen LogP contribution in [0.4, 0.5) is 0 Å². The van der Waals surface area contributed by atoms with Gasteiger partial charge in [0.1, 0.15) is 11.6 Å². The van der Waals surface area contributed by atoms with Gasteiger partial charge in [-0.3, -0.25) is 0 Å². The lowest BCUT2D eigenvalue weighted by Crippen LogP contribution is -2.25. The van der Waals surface area contributed by atoms with E-state index in [2.05, 4.69) is 20.1 Å². The first kappa shape index (κ1) is 8.69. The van der Waals surface area contributed by atoms with Crippen LogP contribution < -0.4 is 5.32 Å². The molecule has 4 nitrogen and oxygen atoms in total. The molecule has 0 bridgehead atoms. The van der Waals surface area contributed by atoms with Gasteiger partial charge in [0, 0.05) is 19.0 Å². The maximum Gasteiger partial charge on any atom is 0.133 e. The molecule has 1 aliphatic rings. The summed E-state index contributed by atoms with van der Waals surface area (Å²) in [4.78, 5) is 0. The van der Waals surface area contributed by atoms with E-state index in [9.17, 15) is 0 Å².